The summed E-state index contributed by atoms with van der Waals surface area (Å²) in [6, 6.07) is 24.2. The minimum atomic E-state index is -3.80. The van der Waals surface area contributed by atoms with Gasteiger partial charge < -0.3 is 5.32 Å². The molecule has 6 heteroatoms. The van der Waals surface area contributed by atoms with Gasteiger partial charge in [0, 0.05) is 13.1 Å². The van der Waals surface area contributed by atoms with Crippen molar-refractivity contribution in [1.82, 2.24) is 9.62 Å². The number of rotatable bonds is 9. The van der Waals surface area contributed by atoms with Crippen LogP contribution in [0.25, 0.3) is 0 Å². The molecule has 1 N–H and O–H groups in total. The molecule has 1 amide bonds. The van der Waals surface area contributed by atoms with Gasteiger partial charge in [-0.15, -0.1) is 0 Å². The maximum absolute atomic E-state index is 13.3. The van der Waals surface area contributed by atoms with Gasteiger partial charge >= 0.3 is 0 Å². The highest BCUT2D eigenvalue weighted by atomic mass is 32.2. The van der Waals surface area contributed by atoms with Gasteiger partial charge in [-0.05, 0) is 43.5 Å². The summed E-state index contributed by atoms with van der Waals surface area (Å²) < 4.78 is 27.8. The largest absolute Gasteiger partial charge is 0.351 e. The topological polar surface area (TPSA) is 66.5 Å². The molecule has 162 valence electrons. The van der Waals surface area contributed by atoms with E-state index < -0.39 is 10.0 Å². The Hall–Kier alpha value is -2.96. The van der Waals surface area contributed by atoms with Crippen LogP contribution in [0.3, 0.4) is 0 Å². The molecule has 0 saturated carbocycles. The molecule has 3 aromatic carbocycles. The van der Waals surface area contributed by atoms with Crippen LogP contribution in [0.2, 0.25) is 0 Å². The first-order chi connectivity index (χ1) is 14.8. The molecular weight excluding hydrogens is 408 g/mol. The average Bonchev–Trinajstić information content (AvgIpc) is 2.77. The van der Waals surface area contributed by atoms with Gasteiger partial charge in [-0.3, -0.25) is 4.79 Å². The Kier molecular flexibility index (Phi) is 7.60. The van der Waals surface area contributed by atoms with Gasteiger partial charge in [0.2, 0.25) is 15.9 Å². The lowest BCUT2D eigenvalue weighted by Crippen LogP contribution is -2.41. The number of sulfonamides is 1. The predicted molar refractivity (Wildman–Crippen MR) is 123 cm³/mol. The Morgan fingerprint density at radius 3 is 2.00 bits per heavy atom. The summed E-state index contributed by atoms with van der Waals surface area (Å²) in [5, 5.41) is 2.83. The number of hydrogen-bond donors (Lipinski definition) is 1. The fourth-order valence-corrected chi connectivity index (χ4v) is 4.56. The molecule has 0 radical (unpaired) electrons. The molecule has 31 heavy (non-hydrogen) atoms. The zero-order valence-corrected chi connectivity index (χ0v) is 18.7. The van der Waals surface area contributed by atoms with Gasteiger partial charge in [0.15, 0.2) is 0 Å². The Morgan fingerprint density at radius 2 is 1.39 bits per heavy atom. The third kappa shape index (κ3) is 6.51. The van der Waals surface area contributed by atoms with Gasteiger partial charge in [0.1, 0.15) is 0 Å². The molecule has 0 aliphatic carbocycles. The Bertz CT molecular complexity index is 1090. The Labute approximate surface area is 184 Å². The lowest BCUT2D eigenvalue weighted by molar-refractivity contribution is -0.121. The lowest BCUT2D eigenvalue weighted by atomic mass is 10.1. The molecule has 0 heterocycles. The summed E-state index contributed by atoms with van der Waals surface area (Å²) in [7, 11) is -3.80. The maximum atomic E-state index is 13.3. The molecule has 3 rings (SSSR count). The van der Waals surface area contributed by atoms with Crippen LogP contribution in [0.5, 0.6) is 0 Å². The van der Waals surface area contributed by atoms with Crippen molar-refractivity contribution in [1.29, 1.82) is 0 Å². The average molecular weight is 437 g/mol. The minimum Gasteiger partial charge on any atom is -0.351 e. The molecule has 0 aromatic heterocycles. The van der Waals surface area contributed by atoms with Crippen LogP contribution < -0.4 is 5.32 Å². The number of carbonyl (C=O) groups is 1. The maximum Gasteiger partial charge on any atom is 0.243 e. The Balaban J connectivity index is 1.73. The van der Waals surface area contributed by atoms with E-state index in [9.17, 15) is 13.2 Å². The predicted octanol–water partition coefficient (Wildman–Crippen LogP) is 3.85. The molecule has 0 aliphatic heterocycles. The van der Waals surface area contributed by atoms with Crippen molar-refractivity contribution in [2.75, 3.05) is 13.1 Å². The van der Waals surface area contributed by atoms with Crippen LogP contribution in [0.4, 0.5) is 0 Å². The van der Waals surface area contributed by atoms with E-state index in [4.69, 9.17) is 0 Å². The van der Waals surface area contributed by atoms with Crippen molar-refractivity contribution >= 4 is 15.9 Å². The molecular formula is C25H28N2O3S. The zero-order valence-electron chi connectivity index (χ0n) is 17.9. The number of benzene rings is 3. The van der Waals surface area contributed by atoms with Gasteiger partial charge in [0.05, 0.1) is 11.4 Å². The first-order valence-corrected chi connectivity index (χ1v) is 11.7. The summed E-state index contributed by atoms with van der Waals surface area (Å²) in [5.74, 6) is -0.329. The van der Waals surface area contributed by atoms with Crippen LogP contribution in [-0.2, 0) is 27.8 Å². The highest BCUT2D eigenvalue weighted by molar-refractivity contribution is 7.89. The zero-order chi connectivity index (χ0) is 22.3. The number of carbonyl (C=O) groups excluding carboxylic acids is 1. The first kappa shape index (κ1) is 22.7. The third-order valence-electron chi connectivity index (χ3n) is 5.08. The van der Waals surface area contributed by atoms with Gasteiger partial charge in [-0.2, -0.15) is 4.31 Å². The van der Waals surface area contributed by atoms with Crippen LogP contribution in [0, 0.1) is 13.8 Å². The fourth-order valence-electron chi connectivity index (χ4n) is 3.16. The van der Waals surface area contributed by atoms with Crippen molar-refractivity contribution in [2.24, 2.45) is 0 Å². The van der Waals surface area contributed by atoms with Gasteiger partial charge in [-0.1, -0.05) is 77.9 Å². The lowest BCUT2D eigenvalue weighted by Gasteiger charge is -2.22. The number of amides is 1. The van der Waals surface area contributed by atoms with E-state index in [1.807, 2.05) is 68.4 Å². The molecule has 0 spiro atoms. The molecule has 0 bridgehead atoms. The SMILES string of the molecule is Cc1ccc(CNC(=O)CN(CCc2ccccc2)S(=O)(=O)c2ccc(C)cc2)cc1. The van der Waals surface area contributed by atoms with Crippen LogP contribution in [0.15, 0.2) is 83.8 Å². The van der Waals surface area contributed by atoms with Crippen molar-refractivity contribution in [3.8, 4) is 0 Å². The second kappa shape index (κ2) is 10.4. The standard InChI is InChI=1S/C25H28N2O3S/c1-20-8-12-23(13-9-20)18-26-25(28)19-27(17-16-22-6-4-3-5-7-22)31(29,30)24-14-10-21(2)11-15-24/h3-15H,16-19H2,1-2H3,(H,26,28). The Morgan fingerprint density at radius 1 is 0.806 bits per heavy atom. The van der Waals surface area contributed by atoms with Gasteiger partial charge in [-0.25, -0.2) is 8.42 Å². The summed E-state index contributed by atoms with van der Waals surface area (Å²) in [5.41, 5.74) is 4.11. The number of nitrogens with zero attached hydrogens (tertiary/aromatic N) is 1. The molecule has 0 saturated heterocycles. The number of nitrogens with one attached hydrogen (secondary N) is 1. The van der Waals surface area contributed by atoms with E-state index in [1.165, 1.54) is 4.31 Å². The van der Waals surface area contributed by atoms with Crippen LogP contribution >= 0.6 is 0 Å². The van der Waals surface area contributed by atoms with E-state index in [0.29, 0.717) is 13.0 Å². The highest BCUT2D eigenvalue weighted by Gasteiger charge is 2.26. The summed E-state index contributed by atoms with van der Waals surface area (Å²) in [6.45, 7) is 4.26. The van der Waals surface area contributed by atoms with E-state index >= 15 is 0 Å². The molecule has 0 unspecified atom stereocenters. The summed E-state index contributed by atoms with van der Waals surface area (Å²) >= 11 is 0. The molecule has 3 aromatic rings. The van der Waals surface area contributed by atoms with E-state index in [0.717, 1.165) is 22.3 Å². The smallest absolute Gasteiger partial charge is 0.243 e. The van der Waals surface area contributed by atoms with Crippen molar-refractivity contribution in [3.05, 3.63) is 101 Å². The van der Waals surface area contributed by atoms with E-state index in [1.54, 1.807) is 24.3 Å². The third-order valence-corrected chi connectivity index (χ3v) is 6.94. The van der Waals surface area contributed by atoms with E-state index in [2.05, 4.69) is 5.32 Å². The summed E-state index contributed by atoms with van der Waals surface area (Å²) in [6.07, 6.45) is 0.525. The van der Waals surface area contributed by atoms with Crippen LogP contribution in [0.1, 0.15) is 22.3 Å². The molecule has 0 fully saturated rings. The highest BCUT2D eigenvalue weighted by Crippen LogP contribution is 2.17. The number of hydrogen-bond acceptors (Lipinski definition) is 3. The fraction of sp³-hybridized carbons (Fsp3) is 0.240. The van der Waals surface area contributed by atoms with Crippen molar-refractivity contribution in [2.45, 2.75) is 31.7 Å². The van der Waals surface area contributed by atoms with Crippen LogP contribution in [-0.4, -0.2) is 31.7 Å². The number of aryl methyl sites for hydroxylation is 2. The minimum absolute atomic E-state index is 0.192. The summed E-state index contributed by atoms with van der Waals surface area (Å²) in [4.78, 5) is 12.8. The normalized spacial score (nSPS) is 11.5. The van der Waals surface area contributed by atoms with Crippen molar-refractivity contribution in [3.63, 3.8) is 0 Å². The molecule has 0 atom stereocenters. The van der Waals surface area contributed by atoms with E-state index in [-0.39, 0.29) is 23.9 Å². The first-order valence-electron chi connectivity index (χ1n) is 10.3. The van der Waals surface area contributed by atoms with Crippen molar-refractivity contribution < 1.29 is 13.2 Å². The molecule has 0 aliphatic rings. The quantitative estimate of drug-likeness (QED) is 0.554. The second-order valence-electron chi connectivity index (χ2n) is 7.65. The second-order valence-corrected chi connectivity index (χ2v) is 9.59. The molecule has 5 nitrogen and oxygen atoms in total. The van der Waals surface area contributed by atoms with Gasteiger partial charge in [0.25, 0.3) is 0 Å². The monoisotopic (exact) mass is 436 g/mol.